The SMILES string of the molecule is CNC1CC(ON2C(=O)c3ccccc3C2=P)C1. The average Bonchev–Trinajstić information content (AvgIpc) is 2.58. The number of nitrogens with zero attached hydrogens (tertiary/aromatic N) is 1. The monoisotopic (exact) mass is 262 g/mol. The van der Waals surface area contributed by atoms with Crippen molar-refractivity contribution in [2.75, 3.05) is 7.05 Å². The molecule has 18 heavy (non-hydrogen) atoms. The number of benzene rings is 1. The number of amides is 1. The van der Waals surface area contributed by atoms with Gasteiger partial charge in [-0.05, 0) is 26.0 Å². The first-order valence-electron chi connectivity index (χ1n) is 6.07. The molecule has 0 atom stereocenters. The Morgan fingerprint density at radius 3 is 2.61 bits per heavy atom. The van der Waals surface area contributed by atoms with Gasteiger partial charge in [-0.3, -0.25) is 9.63 Å². The minimum absolute atomic E-state index is 0.0940. The van der Waals surface area contributed by atoms with Gasteiger partial charge in [-0.25, -0.2) is 0 Å². The van der Waals surface area contributed by atoms with E-state index in [4.69, 9.17) is 4.84 Å². The van der Waals surface area contributed by atoms with Gasteiger partial charge in [0, 0.05) is 11.6 Å². The van der Waals surface area contributed by atoms with Crippen molar-refractivity contribution in [1.82, 2.24) is 10.4 Å². The van der Waals surface area contributed by atoms with E-state index in [1.54, 1.807) is 0 Å². The lowest BCUT2D eigenvalue weighted by molar-refractivity contribution is -0.146. The van der Waals surface area contributed by atoms with E-state index < -0.39 is 0 Å². The van der Waals surface area contributed by atoms with Crippen LogP contribution < -0.4 is 5.32 Å². The first-order valence-corrected chi connectivity index (χ1v) is 6.57. The van der Waals surface area contributed by atoms with E-state index in [-0.39, 0.29) is 12.0 Å². The van der Waals surface area contributed by atoms with Gasteiger partial charge in [0.25, 0.3) is 5.91 Å². The molecule has 0 saturated heterocycles. The molecule has 94 valence electrons. The molecule has 1 amide bonds. The Hall–Kier alpha value is -1.22. The van der Waals surface area contributed by atoms with Crippen LogP contribution in [0.3, 0.4) is 0 Å². The maximum atomic E-state index is 12.2. The van der Waals surface area contributed by atoms with Gasteiger partial charge in [-0.1, -0.05) is 27.1 Å². The molecule has 3 rings (SSSR count). The van der Waals surface area contributed by atoms with Crippen LogP contribution in [0.1, 0.15) is 28.8 Å². The van der Waals surface area contributed by atoms with E-state index in [2.05, 4.69) is 14.2 Å². The summed E-state index contributed by atoms with van der Waals surface area (Å²) in [5.41, 5.74) is 2.28. The molecule has 1 aliphatic carbocycles. The van der Waals surface area contributed by atoms with Gasteiger partial charge in [0.05, 0.1) is 11.7 Å². The molecule has 2 aliphatic rings. The molecule has 0 spiro atoms. The molecule has 1 N–H and O–H groups in total. The minimum atomic E-state index is -0.0940. The van der Waals surface area contributed by atoms with Gasteiger partial charge < -0.3 is 5.32 Å². The fourth-order valence-corrected chi connectivity index (χ4v) is 2.71. The minimum Gasteiger partial charge on any atom is -0.317 e. The number of nitrogens with one attached hydrogen (secondary N) is 1. The summed E-state index contributed by atoms with van der Waals surface area (Å²) in [6.07, 6.45) is 2.00. The van der Waals surface area contributed by atoms with Gasteiger partial charge in [0.1, 0.15) is 5.42 Å². The second kappa shape index (κ2) is 4.47. The largest absolute Gasteiger partial charge is 0.317 e. The maximum absolute atomic E-state index is 12.2. The number of rotatable bonds is 3. The number of carbonyl (C=O) groups is 1. The molecule has 1 fully saturated rings. The van der Waals surface area contributed by atoms with Crippen molar-refractivity contribution >= 4 is 20.2 Å². The highest BCUT2D eigenvalue weighted by Crippen LogP contribution is 2.29. The van der Waals surface area contributed by atoms with Gasteiger partial charge >= 0.3 is 0 Å². The normalized spacial score (nSPS) is 26.2. The highest BCUT2D eigenvalue weighted by atomic mass is 31.0. The number of hydrogen-bond donors (Lipinski definition) is 1. The van der Waals surface area contributed by atoms with Crippen molar-refractivity contribution in [3.05, 3.63) is 35.4 Å². The molecule has 0 bridgehead atoms. The fraction of sp³-hybridized carbons (Fsp3) is 0.385. The fourth-order valence-electron chi connectivity index (χ4n) is 2.33. The lowest BCUT2D eigenvalue weighted by atomic mass is 9.90. The van der Waals surface area contributed by atoms with Gasteiger partial charge in [-0.15, -0.1) is 0 Å². The predicted molar refractivity (Wildman–Crippen MR) is 72.0 cm³/mol. The summed E-state index contributed by atoms with van der Waals surface area (Å²) < 4.78 is 0. The van der Waals surface area contributed by atoms with Crippen LogP contribution in [0.25, 0.3) is 0 Å². The summed E-state index contributed by atoms with van der Waals surface area (Å²) in [7, 11) is 5.44. The zero-order chi connectivity index (χ0) is 12.7. The summed E-state index contributed by atoms with van der Waals surface area (Å²) >= 11 is 0. The maximum Gasteiger partial charge on any atom is 0.283 e. The summed E-state index contributed by atoms with van der Waals surface area (Å²) in [6.45, 7) is 0. The molecular weight excluding hydrogens is 247 g/mol. The van der Waals surface area contributed by atoms with E-state index in [0.29, 0.717) is 17.0 Å². The highest BCUT2D eigenvalue weighted by molar-refractivity contribution is 7.22. The van der Waals surface area contributed by atoms with Gasteiger partial charge in [-0.2, -0.15) is 5.06 Å². The van der Waals surface area contributed by atoms with Crippen LogP contribution in [0.5, 0.6) is 0 Å². The third-order valence-corrected chi connectivity index (χ3v) is 4.03. The smallest absolute Gasteiger partial charge is 0.283 e. The molecule has 0 unspecified atom stereocenters. The number of hydroxylamine groups is 2. The lowest BCUT2D eigenvalue weighted by Gasteiger charge is -2.36. The molecule has 4 nitrogen and oxygen atoms in total. The van der Waals surface area contributed by atoms with Crippen molar-refractivity contribution in [3.63, 3.8) is 0 Å². The lowest BCUT2D eigenvalue weighted by Crippen LogP contribution is -2.47. The topological polar surface area (TPSA) is 41.6 Å². The Kier molecular flexibility index (Phi) is 2.94. The highest BCUT2D eigenvalue weighted by Gasteiger charge is 2.37. The van der Waals surface area contributed by atoms with E-state index in [0.717, 1.165) is 18.4 Å². The molecular formula is C13H15N2O2P. The average molecular weight is 262 g/mol. The molecule has 5 heteroatoms. The van der Waals surface area contributed by atoms with Crippen LogP contribution in [-0.4, -0.2) is 35.6 Å². The standard InChI is InChI=1S/C13H15N2O2P/c1-14-8-6-9(7-8)17-15-12(16)10-4-2-3-5-11(10)13(15)18/h2-5,8-9,14,18H,6-7H2,1H3. The zero-order valence-corrected chi connectivity index (χ0v) is 11.1. The summed E-state index contributed by atoms with van der Waals surface area (Å²) in [5, 5.41) is 4.57. The van der Waals surface area contributed by atoms with Crippen molar-refractivity contribution in [3.8, 4) is 0 Å². The first-order chi connectivity index (χ1) is 8.70. The third kappa shape index (κ3) is 1.77. The van der Waals surface area contributed by atoms with Gasteiger partial charge in [0.15, 0.2) is 0 Å². The second-order valence-electron chi connectivity index (χ2n) is 4.68. The van der Waals surface area contributed by atoms with E-state index in [1.807, 2.05) is 31.3 Å². The molecule has 1 heterocycles. The van der Waals surface area contributed by atoms with Crippen molar-refractivity contribution in [2.45, 2.75) is 25.0 Å². The van der Waals surface area contributed by atoms with Crippen molar-refractivity contribution < 1.29 is 9.63 Å². The van der Waals surface area contributed by atoms with Crippen LogP contribution in [0, 0.1) is 0 Å². The molecule has 1 saturated carbocycles. The van der Waals surface area contributed by atoms with Crippen LogP contribution in [-0.2, 0) is 4.84 Å². The predicted octanol–water partition coefficient (Wildman–Crippen LogP) is 1.45. The Balaban J connectivity index is 1.73. The quantitative estimate of drug-likeness (QED) is 0.838. The summed E-state index contributed by atoms with van der Waals surface area (Å²) in [5.74, 6) is -0.0940. The summed E-state index contributed by atoms with van der Waals surface area (Å²) in [4.78, 5) is 17.9. The Bertz CT molecular complexity index is 476. The number of hydrogen-bond acceptors (Lipinski definition) is 3. The van der Waals surface area contributed by atoms with Gasteiger partial charge in [0.2, 0.25) is 0 Å². The van der Waals surface area contributed by atoms with Crippen molar-refractivity contribution in [2.24, 2.45) is 0 Å². The zero-order valence-electron chi connectivity index (χ0n) is 10.1. The van der Waals surface area contributed by atoms with E-state index in [1.165, 1.54) is 5.06 Å². The van der Waals surface area contributed by atoms with Crippen LogP contribution >= 0.6 is 8.86 Å². The number of carbonyl (C=O) groups excluding carboxylic acids is 1. The van der Waals surface area contributed by atoms with Crippen LogP contribution in [0.15, 0.2) is 24.3 Å². The Morgan fingerprint density at radius 1 is 1.33 bits per heavy atom. The molecule has 1 aromatic rings. The summed E-state index contributed by atoms with van der Waals surface area (Å²) in [6, 6.07) is 8.01. The Labute approximate surface area is 108 Å². The van der Waals surface area contributed by atoms with E-state index in [9.17, 15) is 4.79 Å². The molecule has 1 aromatic carbocycles. The molecule has 0 radical (unpaired) electrons. The molecule has 1 aliphatic heterocycles. The van der Waals surface area contributed by atoms with Crippen LogP contribution in [0.2, 0.25) is 0 Å². The second-order valence-corrected chi connectivity index (χ2v) is 5.15. The first kappa shape index (κ1) is 11.8. The van der Waals surface area contributed by atoms with E-state index >= 15 is 0 Å². The van der Waals surface area contributed by atoms with Crippen molar-refractivity contribution in [1.29, 1.82) is 0 Å². The number of fused-ring (bicyclic) bond motifs is 1. The molecule has 0 aromatic heterocycles. The van der Waals surface area contributed by atoms with Crippen LogP contribution in [0.4, 0.5) is 0 Å². The Morgan fingerprint density at radius 2 is 2.00 bits per heavy atom. The third-order valence-electron chi connectivity index (χ3n) is 3.56.